The SMILES string of the molecule is CCOc1cccc(CN(CC(=O)O)C(C)CC)c1. The highest BCUT2D eigenvalue weighted by molar-refractivity contribution is 5.69. The van der Waals surface area contributed by atoms with E-state index >= 15 is 0 Å². The van der Waals surface area contributed by atoms with Gasteiger partial charge in [0.05, 0.1) is 13.2 Å². The Labute approximate surface area is 115 Å². The van der Waals surface area contributed by atoms with Crippen molar-refractivity contribution in [2.45, 2.75) is 39.8 Å². The molecule has 4 nitrogen and oxygen atoms in total. The molecule has 0 aliphatic heterocycles. The molecule has 0 heterocycles. The van der Waals surface area contributed by atoms with Crippen LogP contribution in [0, 0.1) is 0 Å². The first kappa shape index (κ1) is 15.5. The number of ether oxygens (including phenoxy) is 1. The molecule has 0 radical (unpaired) electrons. The molecular weight excluding hydrogens is 242 g/mol. The molecule has 0 fully saturated rings. The minimum Gasteiger partial charge on any atom is -0.494 e. The Kier molecular flexibility index (Phi) is 6.36. The highest BCUT2D eigenvalue weighted by Crippen LogP contribution is 2.16. The third-order valence-corrected chi connectivity index (χ3v) is 3.15. The number of benzene rings is 1. The Morgan fingerprint density at radius 1 is 1.42 bits per heavy atom. The average molecular weight is 265 g/mol. The van der Waals surface area contributed by atoms with Gasteiger partial charge in [0, 0.05) is 12.6 Å². The van der Waals surface area contributed by atoms with E-state index in [1.165, 1.54) is 0 Å². The molecule has 0 aliphatic rings. The van der Waals surface area contributed by atoms with Crippen LogP contribution in [0.15, 0.2) is 24.3 Å². The molecule has 0 saturated heterocycles. The van der Waals surface area contributed by atoms with Crippen molar-refractivity contribution in [2.75, 3.05) is 13.2 Å². The lowest BCUT2D eigenvalue weighted by atomic mass is 10.1. The number of hydrogen-bond donors (Lipinski definition) is 1. The third-order valence-electron chi connectivity index (χ3n) is 3.15. The van der Waals surface area contributed by atoms with Gasteiger partial charge in [-0.3, -0.25) is 9.69 Å². The zero-order chi connectivity index (χ0) is 14.3. The zero-order valence-corrected chi connectivity index (χ0v) is 11.9. The van der Waals surface area contributed by atoms with Crippen molar-refractivity contribution in [1.82, 2.24) is 4.90 Å². The minimum atomic E-state index is -0.790. The van der Waals surface area contributed by atoms with Crippen LogP contribution in [-0.4, -0.2) is 35.2 Å². The number of aliphatic carboxylic acids is 1. The molecule has 0 spiro atoms. The first-order valence-electron chi connectivity index (χ1n) is 6.74. The number of hydrogen-bond acceptors (Lipinski definition) is 3. The second-order valence-corrected chi connectivity index (χ2v) is 4.64. The smallest absolute Gasteiger partial charge is 0.317 e. The molecule has 1 aromatic rings. The first-order chi connectivity index (χ1) is 9.06. The summed E-state index contributed by atoms with van der Waals surface area (Å²) in [5, 5.41) is 8.98. The van der Waals surface area contributed by atoms with Crippen LogP contribution in [-0.2, 0) is 11.3 Å². The maximum absolute atomic E-state index is 10.9. The van der Waals surface area contributed by atoms with Crippen molar-refractivity contribution < 1.29 is 14.6 Å². The van der Waals surface area contributed by atoms with E-state index < -0.39 is 5.97 Å². The van der Waals surface area contributed by atoms with E-state index in [9.17, 15) is 4.79 Å². The van der Waals surface area contributed by atoms with Gasteiger partial charge in [0.25, 0.3) is 0 Å². The van der Waals surface area contributed by atoms with Crippen LogP contribution in [0.4, 0.5) is 0 Å². The van der Waals surface area contributed by atoms with Gasteiger partial charge in [-0.25, -0.2) is 0 Å². The Hall–Kier alpha value is -1.55. The van der Waals surface area contributed by atoms with Gasteiger partial charge < -0.3 is 9.84 Å². The lowest BCUT2D eigenvalue weighted by molar-refractivity contribution is -0.139. The van der Waals surface area contributed by atoms with Crippen molar-refractivity contribution in [2.24, 2.45) is 0 Å². The largest absolute Gasteiger partial charge is 0.494 e. The summed E-state index contributed by atoms with van der Waals surface area (Å²) >= 11 is 0. The van der Waals surface area contributed by atoms with Crippen LogP contribution in [0.5, 0.6) is 5.75 Å². The van der Waals surface area contributed by atoms with E-state index in [1.54, 1.807) is 0 Å². The lowest BCUT2D eigenvalue weighted by Gasteiger charge is -2.26. The van der Waals surface area contributed by atoms with Crippen molar-refractivity contribution in [3.63, 3.8) is 0 Å². The van der Waals surface area contributed by atoms with Crippen molar-refractivity contribution in [1.29, 1.82) is 0 Å². The molecule has 19 heavy (non-hydrogen) atoms. The second kappa shape index (κ2) is 7.79. The van der Waals surface area contributed by atoms with Gasteiger partial charge in [-0.05, 0) is 38.0 Å². The van der Waals surface area contributed by atoms with Gasteiger partial charge in [0.1, 0.15) is 5.75 Å². The van der Waals surface area contributed by atoms with Crippen molar-refractivity contribution >= 4 is 5.97 Å². The van der Waals surface area contributed by atoms with Crippen LogP contribution in [0.3, 0.4) is 0 Å². The highest BCUT2D eigenvalue weighted by atomic mass is 16.5. The fraction of sp³-hybridized carbons (Fsp3) is 0.533. The Bertz CT molecular complexity index is 406. The van der Waals surface area contributed by atoms with E-state index in [-0.39, 0.29) is 12.6 Å². The average Bonchev–Trinajstić information content (AvgIpc) is 2.37. The van der Waals surface area contributed by atoms with Gasteiger partial charge in [-0.2, -0.15) is 0 Å². The summed E-state index contributed by atoms with van der Waals surface area (Å²) < 4.78 is 5.46. The third kappa shape index (κ3) is 5.30. The monoisotopic (exact) mass is 265 g/mol. The summed E-state index contributed by atoms with van der Waals surface area (Å²) in [6.45, 7) is 7.39. The van der Waals surface area contributed by atoms with E-state index in [1.807, 2.05) is 36.1 Å². The van der Waals surface area contributed by atoms with Crippen LogP contribution in [0.1, 0.15) is 32.8 Å². The standard InChI is InChI=1S/C15H23NO3/c1-4-12(3)16(11-15(17)18)10-13-7-6-8-14(9-13)19-5-2/h6-9,12H,4-5,10-11H2,1-3H3,(H,17,18). The van der Waals surface area contributed by atoms with E-state index in [2.05, 4.69) is 13.8 Å². The molecule has 1 aromatic carbocycles. The molecule has 0 amide bonds. The van der Waals surface area contributed by atoms with Crippen LogP contribution in [0.25, 0.3) is 0 Å². The van der Waals surface area contributed by atoms with Crippen LogP contribution in [0.2, 0.25) is 0 Å². The van der Waals surface area contributed by atoms with Gasteiger partial charge >= 0.3 is 5.97 Å². The predicted molar refractivity (Wildman–Crippen MR) is 75.4 cm³/mol. The number of rotatable bonds is 8. The molecule has 1 N–H and O–H groups in total. The summed E-state index contributed by atoms with van der Waals surface area (Å²) in [6.07, 6.45) is 0.929. The number of carbonyl (C=O) groups is 1. The fourth-order valence-electron chi connectivity index (χ4n) is 1.93. The maximum atomic E-state index is 10.9. The van der Waals surface area contributed by atoms with Gasteiger partial charge in [0.15, 0.2) is 0 Å². The maximum Gasteiger partial charge on any atom is 0.317 e. The highest BCUT2D eigenvalue weighted by Gasteiger charge is 2.16. The molecule has 1 atom stereocenters. The van der Waals surface area contributed by atoms with E-state index in [0.29, 0.717) is 13.2 Å². The lowest BCUT2D eigenvalue weighted by Crippen LogP contribution is -2.36. The van der Waals surface area contributed by atoms with Gasteiger partial charge in [-0.15, -0.1) is 0 Å². The molecular formula is C15H23NO3. The molecule has 0 bridgehead atoms. The molecule has 4 heteroatoms. The summed E-state index contributed by atoms with van der Waals surface area (Å²) in [6, 6.07) is 8.07. The fourth-order valence-corrected chi connectivity index (χ4v) is 1.93. The number of carboxylic acid groups (broad SMARTS) is 1. The number of nitrogens with zero attached hydrogens (tertiary/aromatic N) is 1. The Morgan fingerprint density at radius 2 is 2.16 bits per heavy atom. The summed E-state index contributed by atoms with van der Waals surface area (Å²) in [5.74, 6) is 0.0423. The molecule has 106 valence electrons. The normalized spacial score (nSPS) is 12.4. The second-order valence-electron chi connectivity index (χ2n) is 4.64. The Balaban J connectivity index is 2.77. The topological polar surface area (TPSA) is 49.8 Å². The molecule has 0 saturated carbocycles. The first-order valence-corrected chi connectivity index (χ1v) is 6.74. The molecule has 1 unspecified atom stereocenters. The molecule has 0 aromatic heterocycles. The summed E-state index contributed by atoms with van der Waals surface area (Å²) in [7, 11) is 0. The van der Waals surface area contributed by atoms with E-state index in [4.69, 9.17) is 9.84 Å². The quantitative estimate of drug-likeness (QED) is 0.785. The molecule has 0 aliphatic carbocycles. The van der Waals surface area contributed by atoms with E-state index in [0.717, 1.165) is 17.7 Å². The van der Waals surface area contributed by atoms with Crippen LogP contribution < -0.4 is 4.74 Å². The summed E-state index contributed by atoms with van der Waals surface area (Å²) in [5.41, 5.74) is 1.08. The van der Waals surface area contributed by atoms with Gasteiger partial charge in [-0.1, -0.05) is 19.1 Å². The minimum absolute atomic E-state index is 0.0634. The van der Waals surface area contributed by atoms with Crippen LogP contribution >= 0.6 is 0 Å². The number of carboxylic acids is 1. The predicted octanol–water partition coefficient (Wildman–Crippen LogP) is 2.77. The van der Waals surface area contributed by atoms with Crippen molar-refractivity contribution in [3.8, 4) is 5.75 Å². The van der Waals surface area contributed by atoms with Gasteiger partial charge in [0.2, 0.25) is 0 Å². The molecule has 1 rings (SSSR count). The Morgan fingerprint density at radius 3 is 2.74 bits per heavy atom. The summed E-state index contributed by atoms with van der Waals surface area (Å²) in [4.78, 5) is 12.9. The van der Waals surface area contributed by atoms with Crippen molar-refractivity contribution in [3.05, 3.63) is 29.8 Å². The zero-order valence-electron chi connectivity index (χ0n) is 11.9.